The highest BCUT2D eigenvalue weighted by Gasteiger charge is 2.29. The molecule has 19 heavy (non-hydrogen) atoms. The first-order chi connectivity index (χ1) is 9.22. The fraction of sp³-hybridized carbons (Fsp3) is 0.538. The van der Waals surface area contributed by atoms with Gasteiger partial charge in [-0.25, -0.2) is 0 Å². The summed E-state index contributed by atoms with van der Waals surface area (Å²) >= 11 is 6.11. The summed E-state index contributed by atoms with van der Waals surface area (Å²) in [6.07, 6.45) is 3.33. The molecule has 0 saturated carbocycles. The van der Waals surface area contributed by atoms with Crippen LogP contribution in [0.3, 0.4) is 0 Å². The van der Waals surface area contributed by atoms with Gasteiger partial charge in [-0.2, -0.15) is 0 Å². The first-order valence-electron chi connectivity index (χ1n) is 6.42. The third-order valence-corrected chi connectivity index (χ3v) is 3.48. The largest absolute Gasteiger partial charge is 0.465 e. The molecular formula is C13H18ClN3O2. The lowest BCUT2D eigenvalue weighted by atomic mass is 10.1. The molecular weight excluding hydrogens is 266 g/mol. The van der Waals surface area contributed by atoms with Crippen LogP contribution in [0.4, 0.5) is 0 Å². The topological polar surface area (TPSA) is 54.5 Å². The van der Waals surface area contributed by atoms with Gasteiger partial charge in [-0.3, -0.25) is 14.7 Å². The number of halogens is 1. The molecule has 1 N–H and O–H groups in total. The van der Waals surface area contributed by atoms with Gasteiger partial charge in [0.15, 0.2) is 0 Å². The van der Waals surface area contributed by atoms with E-state index in [2.05, 4.69) is 15.2 Å². The highest BCUT2D eigenvalue weighted by Crippen LogP contribution is 2.18. The average molecular weight is 284 g/mol. The smallest absolute Gasteiger partial charge is 0.324 e. The van der Waals surface area contributed by atoms with Crippen molar-refractivity contribution in [3.63, 3.8) is 0 Å². The maximum absolute atomic E-state index is 11.9. The van der Waals surface area contributed by atoms with E-state index < -0.39 is 0 Å². The zero-order valence-electron chi connectivity index (χ0n) is 10.9. The quantitative estimate of drug-likeness (QED) is 0.838. The number of pyridine rings is 1. The van der Waals surface area contributed by atoms with Gasteiger partial charge in [-0.1, -0.05) is 11.6 Å². The molecule has 1 unspecified atom stereocenters. The second kappa shape index (κ2) is 6.84. The van der Waals surface area contributed by atoms with Crippen LogP contribution in [0.25, 0.3) is 0 Å². The molecule has 0 aliphatic carbocycles. The number of piperazine rings is 1. The number of hydrogen-bond donors (Lipinski definition) is 1. The van der Waals surface area contributed by atoms with E-state index in [1.54, 1.807) is 12.4 Å². The van der Waals surface area contributed by atoms with E-state index in [-0.39, 0.29) is 12.0 Å². The molecule has 1 aromatic heterocycles. The highest BCUT2D eigenvalue weighted by atomic mass is 35.5. The van der Waals surface area contributed by atoms with Gasteiger partial charge in [0.1, 0.15) is 6.04 Å². The first-order valence-corrected chi connectivity index (χ1v) is 6.80. The molecule has 104 valence electrons. The predicted octanol–water partition coefficient (Wildman–Crippen LogP) is 1.07. The van der Waals surface area contributed by atoms with E-state index in [4.69, 9.17) is 16.3 Å². The summed E-state index contributed by atoms with van der Waals surface area (Å²) in [5.41, 5.74) is 0.980. The Bertz CT molecular complexity index is 442. The van der Waals surface area contributed by atoms with Gasteiger partial charge >= 0.3 is 5.97 Å². The fourth-order valence-electron chi connectivity index (χ4n) is 2.16. The third kappa shape index (κ3) is 3.65. The normalized spacial score (nSPS) is 20.2. The fourth-order valence-corrected chi connectivity index (χ4v) is 2.34. The summed E-state index contributed by atoms with van der Waals surface area (Å²) in [5.74, 6) is -0.181. The van der Waals surface area contributed by atoms with E-state index in [1.807, 2.05) is 13.0 Å². The van der Waals surface area contributed by atoms with Gasteiger partial charge < -0.3 is 10.1 Å². The van der Waals surface area contributed by atoms with Crippen LogP contribution in [0.1, 0.15) is 12.5 Å². The van der Waals surface area contributed by atoms with Crippen LogP contribution in [0.5, 0.6) is 0 Å². The molecule has 0 spiro atoms. The van der Waals surface area contributed by atoms with E-state index in [0.29, 0.717) is 24.7 Å². The lowest BCUT2D eigenvalue weighted by molar-refractivity contribution is -0.150. The van der Waals surface area contributed by atoms with Gasteiger partial charge in [-0.15, -0.1) is 0 Å². The molecule has 0 aromatic carbocycles. The standard InChI is InChI=1S/C13H18ClN3O2/c1-2-19-13(18)12-8-16-5-6-17(12)9-10-3-4-15-7-11(10)14/h3-4,7,12,16H,2,5-6,8-9H2,1H3. The Hall–Kier alpha value is -1.17. The van der Waals surface area contributed by atoms with Crippen LogP contribution in [0.15, 0.2) is 18.5 Å². The van der Waals surface area contributed by atoms with Crippen LogP contribution in [0.2, 0.25) is 5.02 Å². The van der Waals surface area contributed by atoms with Crippen LogP contribution < -0.4 is 5.32 Å². The predicted molar refractivity (Wildman–Crippen MR) is 72.9 cm³/mol. The van der Waals surface area contributed by atoms with Crippen molar-refractivity contribution in [3.05, 3.63) is 29.0 Å². The molecule has 0 amide bonds. The third-order valence-electron chi connectivity index (χ3n) is 3.14. The minimum absolute atomic E-state index is 0.181. The molecule has 1 aromatic rings. The maximum Gasteiger partial charge on any atom is 0.324 e. The second-order valence-electron chi connectivity index (χ2n) is 4.41. The number of hydrogen-bond acceptors (Lipinski definition) is 5. The van der Waals surface area contributed by atoms with Crippen LogP contribution >= 0.6 is 11.6 Å². The molecule has 0 radical (unpaired) electrons. The molecule has 1 aliphatic rings. The van der Waals surface area contributed by atoms with Gasteiger partial charge in [-0.05, 0) is 18.6 Å². The van der Waals surface area contributed by atoms with Gasteiger partial charge in [0.2, 0.25) is 0 Å². The van der Waals surface area contributed by atoms with E-state index in [1.165, 1.54) is 0 Å². The molecule has 1 saturated heterocycles. The Morgan fingerprint density at radius 1 is 1.68 bits per heavy atom. The van der Waals surface area contributed by atoms with Gasteiger partial charge in [0.25, 0.3) is 0 Å². The Kier molecular flexibility index (Phi) is 5.13. The number of carbonyl (C=O) groups is 1. The van der Waals surface area contributed by atoms with Crippen molar-refractivity contribution in [2.24, 2.45) is 0 Å². The molecule has 2 heterocycles. The molecule has 0 bridgehead atoms. The summed E-state index contributed by atoms with van der Waals surface area (Å²) in [6.45, 7) is 5.12. The number of nitrogens with zero attached hydrogens (tertiary/aromatic N) is 2. The first kappa shape index (κ1) is 14.2. The van der Waals surface area contributed by atoms with Gasteiger partial charge in [0.05, 0.1) is 11.6 Å². The lowest BCUT2D eigenvalue weighted by Gasteiger charge is -2.34. The zero-order chi connectivity index (χ0) is 13.7. The van der Waals surface area contributed by atoms with Gasteiger partial charge in [0, 0.05) is 38.6 Å². The van der Waals surface area contributed by atoms with E-state index in [9.17, 15) is 4.79 Å². The summed E-state index contributed by atoms with van der Waals surface area (Å²) in [6, 6.07) is 1.63. The molecule has 1 fully saturated rings. The molecule has 1 atom stereocenters. The van der Waals surface area contributed by atoms with Crippen molar-refractivity contribution in [1.29, 1.82) is 0 Å². The number of carbonyl (C=O) groups excluding carboxylic acids is 1. The zero-order valence-corrected chi connectivity index (χ0v) is 11.7. The average Bonchev–Trinajstić information content (AvgIpc) is 2.42. The van der Waals surface area contributed by atoms with Crippen LogP contribution in [-0.2, 0) is 16.1 Å². The Morgan fingerprint density at radius 2 is 2.53 bits per heavy atom. The minimum Gasteiger partial charge on any atom is -0.465 e. The molecule has 1 aliphatic heterocycles. The van der Waals surface area contributed by atoms with Crippen LogP contribution in [0, 0.1) is 0 Å². The second-order valence-corrected chi connectivity index (χ2v) is 4.82. The van der Waals surface area contributed by atoms with Crippen molar-refractivity contribution in [1.82, 2.24) is 15.2 Å². The summed E-state index contributed by atoms with van der Waals surface area (Å²) in [4.78, 5) is 18.0. The maximum atomic E-state index is 11.9. The number of nitrogens with one attached hydrogen (secondary N) is 1. The number of esters is 1. The van der Waals surface area contributed by atoms with Crippen molar-refractivity contribution in [2.75, 3.05) is 26.2 Å². The Morgan fingerprint density at radius 3 is 3.26 bits per heavy atom. The van der Waals surface area contributed by atoms with E-state index in [0.717, 1.165) is 18.7 Å². The highest BCUT2D eigenvalue weighted by molar-refractivity contribution is 6.31. The van der Waals surface area contributed by atoms with Crippen molar-refractivity contribution in [2.45, 2.75) is 19.5 Å². The summed E-state index contributed by atoms with van der Waals surface area (Å²) in [7, 11) is 0. The van der Waals surface area contributed by atoms with Crippen molar-refractivity contribution >= 4 is 17.6 Å². The number of rotatable bonds is 4. The Labute approximate surface area is 117 Å². The number of ether oxygens (including phenoxy) is 1. The summed E-state index contributed by atoms with van der Waals surface area (Å²) in [5, 5.41) is 3.85. The van der Waals surface area contributed by atoms with Crippen molar-refractivity contribution in [3.8, 4) is 0 Å². The molecule has 2 rings (SSSR count). The Balaban J connectivity index is 2.07. The number of aromatic nitrogens is 1. The lowest BCUT2D eigenvalue weighted by Crippen LogP contribution is -2.54. The monoisotopic (exact) mass is 283 g/mol. The van der Waals surface area contributed by atoms with Crippen LogP contribution in [-0.4, -0.2) is 48.1 Å². The SMILES string of the molecule is CCOC(=O)C1CNCCN1Cc1ccncc1Cl. The molecule has 6 heteroatoms. The minimum atomic E-state index is -0.252. The van der Waals surface area contributed by atoms with Crippen molar-refractivity contribution < 1.29 is 9.53 Å². The van der Waals surface area contributed by atoms with E-state index >= 15 is 0 Å². The summed E-state index contributed by atoms with van der Waals surface area (Å²) < 4.78 is 5.11. The molecule has 5 nitrogen and oxygen atoms in total.